The minimum absolute atomic E-state index is 0. The third-order valence-electron chi connectivity index (χ3n) is 25.6. The number of nitrogens with zero attached hydrogens (tertiary/aromatic N) is 19. The van der Waals surface area contributed by atoms with Crippen LogP contribution in [0.15, 0.2) is 91.8 Å². The molecular weight excluding hydrogens is 2150 g/mol. The van der Waals surface area contributed by atoms with Crippen LogP contribution in [0.2, 0.25) is 88.0 Å². The zero-order valence-corrected chi connectivity index (χ0v) is 92.9. The molecule has 15 atom stereocenters. The summed E-state index contributed by atoms with van der Waals surface area (Å²) in [4.78, 5) is 82.2. The maximum absolute atomic E-state index is 12.1. The summed E-state index contributed by atoms with van der Waals surface area (Å²) in [5.74, 6) is 0.256. The Hall–Kier alpha value is -8.33. The van der Waals surface area contributed by atoms with Gasteiger partial charge in [0.1, 0.15) is 78.2 Å². The number of aliphatic hydroxyl groups excluding tert-OH is 5. The second kappa shape index (κ2) is 61.2. The van der Waals surface area contributed by atoms with Crippen molar-refractivity contribution in [2.75, 3.05) is 93.5 Å². The zero-order chi connectivity index (χ0) is 106. The first-order valence-corrected chi connectivity index (χ1v) is 61.1. The first-order valence-electron chi connectivity index (χ1n) is 46.1. The van der Waals surface area contributed by atoms with E-state index in [0.29, 0.717) is 122 Å². The van der Waals surface area contributed by atoms with E-state index in [0.717, 1.165) is 5.33 Å². The normalized spacial score (nSPS) is 21.4. The smallest absolute Gasteiger partial charge is 0.280 e. The zero-order valence-electron chi connectivity index (χ0n) is 84.3. The first kappa shape index (κ1) is 142. The lowest BCUT2D eigenvalue weighted by Crippen LogP contribution is -2.44. The third-order valence-corrected chi connectivity index (χ3v) is 45.6. The summed E-state index contributed by atoms with van der Waals surface area (Å²) in [6.45, 7) is 60.6. The van der Waals surface area contributed by atoms with Gasteiger partial charge in [0.2, 0.25) is 29.7 Å². The van der Waals surface area contributed by atoms with Gasteiger partial charge in [-0.15, -0.1) is 26.3 Å². The number of aromatic nitrogens is 20. The molecule has 150 heavy (non-hydrogen) atoms. The van der Waals surface area contributed by atoms with Crippen molar-refractivity contribution in [2.24, 2.45) is 0 Å². The Morgan fingerprint density at radius 3 is 0.920 bits per heavy atom. The number of imidazole rings is 5. The average Bonchev–Trinajstić information content (AvgIpc) is 1.64. The predicted molar refractivity (Wildman–Crippen MR) is 616 cm³/mol. The van der Waals surface area contributed by atoms with E-state index in [1.165, 1.54) is 12.7 Å². The fraction of sp³-hybridized carbons (Fsp3) is 0.649. The van der Waals surface area contributed by atoms with Crippen LogP contribution in [0.5, 0.6) is 0 Å². The average molecular weight is 2330 g/mol. The van der Waals surface area contributed by atoms with Crippen molar-refractivity contribution in [3.05, 3.63) is 118 Å². The number of halogens is 5. The lowest BCUT2D eigenvalue weighted by atomic mass is 10.2. The van der Waals surface area contributed by atoms with Crippen LogP contribution in [0, 0.1) is 11.3 Å². The fourth-order valence-electron chi connectivity index (χ4n) is 13.5. The summed E-state index contributed by atoms with van der Waals surface area (Å²) in [5, 5.41) is 56.3. The lowest BCUT2D eigenvalue weighted by molar-refractivity contribution is -0.0561. The highest BCUT2D eigenvalue weighted by Gasteiger charge is 2.47. The Morgan fingerprint density at radius 1 is 0.427 bits per heavy atom. The van der Waals surface area contributed by atoms with Crippen molar-refractivity contribution in [3.63, 3.8) is 0 Å². The van der Waals surface area contributed by atoms with E-state index < -0.39 is 87.1 Å². The van der Waals surface area contributed by atoms with Crippen molar-refractivity contribution in [2.45, 2.75) is 346 Å². The van der Waals surface area contributed by atoms with Gasteiger partial charge in [0.25, 0.3) is 11.1 Å². The number of nitrogens with one attached hydrogen (secondary N) is 2. The van der Waals surface area contributed by atoms with Gasteiger partial charge in [-0.2, -0.15) is 56.2 Å². The molecule has 5 unspecified atom stereocenters. The van der Waals surface area contributed by atoms with Crippen LogP contribution in [0.25, 0.3) is 55.8 Å². The number of allylic oxidation sites excluding steroid dienone is 1. The molecule has 10 aromatic heterocycles. The summed E-state index contributed by atoms with van der Waals surface area (Å²) >= 11 is 27.4. The molecule has 15 heterocycles. The van der Waals surface area contributed by atoms with Crippen LogP contribution >= 0.6 is 61.8 Å². The quantitative estimate of drug-likeness (QED) is 0.00748. The molecule has 850 valence electrons. The van der Waals surface area contributed by atoms with Crippen LogP contribution < -0.4 is 39.8 Å². The molecule has 5 fully saturated rings. The van der Waals surface area contributed by atoms with E-state index in [1.54, 1.807) is 67.6 Å². The minimum Gasteiger partial charge on any atom is -0.414 e. The maximum atomic E-state index is 12.1. The van der Waals surface area contributed by atoms with Crippen molar-refractivity contribution < 1.29 is 76.7 Å². The highest BCUT2D eigenvalue weighted by atomic mass is 79.9. The van der Waals surface area contributed by atoms with Crippen molar-refractivity contribution in [1.29, 1.82) is 5.26 Å². The van der Waals surface area contributed by atoms with Crippen LogP contribution in [0.3, 0.4) is 0 Å². The van der Waals surface area contributed by atoms with Crippen molar-refractivity contribution in [1.82, 2.24) is 97.6 Å². The molecule has 0 saturated carbocycles. The number of nitrogens with two attached hydrogens (primary N) is 5. The minimum atomic E-state index is -1.93. The molecule has 0 bridgehead atoms. The molecule has 0 aromatic carbocycles. The van der Waals surface area contributed by atoms with Crippen LogP contribution in [0.4, 0.5) is 29.7 Å². The Balaban J connectivity index is 0.00000176. The number of nitriles is 1. The number of ether oxygens (including phenoxy) is 8. The molecule has 53 heteroatoms. The van der Waals surface area contributed by atoms with Gasteiger partial charge in [0.15, 0.2) is 87.1 Å². The van der Waals surface area contributed by atoms with E-state index in [2.05, 4.69) is 252 Å². The van der Waals surface area contributed by atoms with Crippen LogP contribution in [-0.2, 0) is 51.2 Å². The van der Waals surface area contributed by atoms with E-state index in [-0.39, 0.29) is 206 Å². The summed E-state index contributed by atoms with van der Waals surface area (Å²) in [6.07, 6.45) is 11.5. The summed E-state index contributed by atoms with van der Waals surface area (Å²) in [6, 6.07) is 1.77. The summed E-state index contributed by atoms with van der Waals surface area (Å²) in [5.41, 5.74) is 31.5. The molecule has 15 rings (SSSR count). The van der Waals surface area contributed by atoms with E-state index >= 15 is 0 Å². The number of fused-ring (bicyclic) bond motifs is 5. The summed E-state index contributed by atoms with van der Waals surface area (Å²) in [7, 11) is -7.14. The molecule has 17 N–H and O–H groups in total. The van der Waals surface area contributed by atoms with Crippen LogP contribution in [0.1, 0.15) is 212 Å². The Labute approximate surface area is 916 Å². The number of aromatic amines is 2. The second-order valence-corrected chi connectivity index (χ2v) is 63.4. The number of H-pyrrole nitrogens is 2. The number of anilines is 5. The molecule has 0 radical (unpaired) electrons. The fourth-order valence-corrected chi connectivity index (χ4v) is 17.2. The van der Waals surface area contributed by atoms with Gasteiger partial charge < -0.3 is 105 Å². The second-order valence-electron chi connectivity index (χ2n) is 40.0. The van der Waals surface area contributed by atoms with Gasteiger partial charge in [-0.25, -0.2) is 24.9 Å². The number of hydrogen-bond donors (Lipinski definition) is 12. The molecular formula is C97H173BrCl4N26O18Si4. The van der Waals surface area contributed by atoms with Gasteiger partial charge >= 0.3 is 0 Å². The lowest BCUT2D eigenvalue weighted by Gasteiger charge is -2.37. The molecule has 5 aliphatic heterocycles. The van der Waals surface area contributed by atoms with E-state index in [4.69, 9.17) is 141 Å². The monoisotopic (exact) mass is 2320 g/mol. The molecule has 0 spiro atoms. The maximum Gasteiger partial charge on any atom is 0.280 e. The number of rotatable bonds is 27. The standard InChI is InChI=1S/C19H30ClN5O3Si.C19H31N5O4Si.C16H26ClN5O3Si.C13H17N5O4.C10H12ClN5O3.C6H15ClSi.C3H5Br.C3H5NO.8CH4/c1-7-8-26-12-9-14(28-13(12)10-27-29(5,6)19(2,3)4)25-11-22-15-16(20)23-18(21)24-17(15)25;1-7-8-26-12-9-14(28-13(12)10-27-29(5,6)19(2,3)4)24-11-21-15-16(24)22-18(20)23-17(15)25;1-16(2,3)26(4,5)24-7-10-9(23)6-11(25-10)22-8-19-12-13(17)20-15(18)21-14(12)22;1-2-3-21-7-4-9(22-8(7)5-19)18-6-15-10-11(18)16-13(14)17-12(10)20;11-8-7-9(15-10(12)14-8)16(3-13-7)6-1-4(18)5(2-17)19-6;1-6(2,3)8(4,5)7;1-2-3-4;4-2-1-3-5;;;;;;;;/h7,11-14H,1,8-10H2,2-6H3,(H2,21,23,24);7,11-14H,1,8-10H2,2-6H3,(H3,20,22,23,25);8-11,23H,6-7H2,1-5H3,(H2,18,20,21);2,6-9,19H,1,3-5H2,(H3,14,16,17,20);3-6,17-18H,1-2H2,(H2,12,14,15);1-5H3;2H,1,3H2;5H,1,3H2;8*1H4/t2*12?,13-,14-;9?,10-,11-;7?,8-,9-;4?,5-,6-;;;;;;;;;;;/m11111.........../s1. The SMILES string of the molecule is C.C.C.C.C.C.C.C.C=CCBr.C=CCOC1C[C@H](n2cnc3c(=O)[nH]c(N)nc32)O[C@@H]1CO.C=CCOC1C[C@H](n2cnc3c(=O)[nH]c(N)nc32)O[C@@H]1CO[Si](C)(C)C(C)(C)C.C=CCOC1C[C@H](n2cnc3c(Cl)nc(N)nc32)O[C@@H]1CO[Si](C)(C)C(C)(C)C.CC(C)(C)[Si](C)(C)Cl.CC(C)(C)[Si](C)(C)OC[C@H]1O[C@@H](n2cnc3c(Cl)nc(N)nc32)CC1O.N#CCCO.Nc1nc(Cl)c2ncn([C@H]3CC(O)[C@@H](CO)O3)c2n1. The highest BCUT2D eigenvalue weighted by Crippen LogP contribution is 2.45. The Kier molecular flexibility index (Phi) is 57.8. The molecule has 5 aliphatic rings. The highest BCUT2D eigenvalue weighted by molar-refractivity contribution is 9.09. The van der Waals surface area contributed by atoms with Gasteiger partial charge in [-0.3, -0.25) is 42.4 Å². The van der Waals surface area contributed by atoms with Gasteiger partial charge in [0, 0.05) is 37.4 Å². The number of alkyl halides is 1. The topological polar surface area (TPSA) is 615 Å². The van der Waals surface area contributed by atoms with E-state index in [9.17, 15) is 24.9 Å². The molecule has 0 amide bonds. The Morgan fingerprint density at radius 2 is 0.673 bits per heavy atom. The van der Waals surface area contributed by atoms with Crippen molar-refractivity contribution in [3.8, 4) is 6.07 Å². The van der Waals surface area contributed by atoms with Gasteiger partial charge in [-0.1, -0.05) is 231 Å². The Bertz CT molecular complexity index is 5990. The molecule has 0 aliphatic carbocycles. The number of aliphatic hydroxyl groups is 5. The van der Waals surface area contributed by atoms with Crippen molar-refractivity contribution >= 4 is 180 Å². The molecule has 10 aromatic rings. The third kappa shape index (κ3) is 36.9. The number of hydrogen-bond acceptors (Lipinski definition) is 37. The molecule has 44 nitrogen and oxygen atoms in total. The van der Waals surface area contributed by atoms with E-state index in [1.807, 2.05) is 4.57 Å². The first-order chi connectivity index (χ1) is 66.4. The molecule has 5 saturated heterocycles. The van der Waals surface area contributed by atoms with Gasteiger partial charge in [-0.05, 0) is 59.4 Å². The van der Waals surface area contributed by atoms with Gasteiger partial charge in [0.05, 0.1) is 134 Å². The number of nitrogen functional groups attached to an aromatic ring is 5. The summed E-state index contributed by atoms with van der Waals surface area (Å²) < 4.78 is 75.0. The predicted octanol–water partition coefficient (Wildman–Crippen LogP) is 18.3. The van der Waals surface area contributed by atoms with Crippen LogP contribution in [-0.4, -0.2) is 281 Å². The largest absolute Gasteiger partial charge is 0.414 e.